The Balaban J connectivity index is 4.28. The van der Waals surface area contributed by atoms with Gasteiger partial charge < -0.3 is 0 Å². The molecule has 0 aromatic carbocycles. The van der Waals surface area contributed by atoms with E-state index in [-0.39, 0.29) is 19.3 Å². The third-order valence-electron chi connectivity index (χ3n) is 0.952. The minimum atomic E-state index is -3.59. The second-order valence-electron chi connectivity index (χ2n) is 2.56. The number of hydrogen-bond acceptors (Lipinski definition) is 4. The molecule has 0 spiro atoms. The van der Waals surface area contributed by atoms with Crippen molar-refractivity contribution >= 4 is 7.82 Å². The molecule has 0 aromatic heterocycles. The van der Waals surface area contributed by atoms with Gasteiger partial charge in [-0.3, -0.25) is 13.6 Å². The van der Waals surface area contributed by atoms with Crippen LogP contribution in [0, 0.1) is 24.7 Å². The van der Waals surface area contributed by atoms with Crippen molar-refractivity contribution in [3.63, 3.8) is 0 Å². The van der Waals surface area contributed by atoms with Crippen molar-refractivity contribution in [1.29, 1.82) is 0 Å². The van der Waals surface area contributed by atoms with Gasteiger partial charge in [0, 0.05) is 0 Å². The van der Waals surface area contributed by atoms with E-state index in [1.165, 1.54) is 0 Å². The molecule has 0 saturated heterocycles. The molecule has 0 aliphatic rings. The number of rotatable bonds is 6. The highest BCUT2D eigenvalue weighted by molar-refractivity contribution is 7.48. The van der Waals surface area contributed by atoms with Crippen LogP contribution in [-0.4, -0.2) is 19.3 Å². The van der Waals surface area contributed by atoms with Crippen LogP contribution >= 0.6 is 7.82 Å². The molecule has 0 amide bonds. The van der Waals surface area contributed by atoms with Crippen LogP contribution in [0.15, 0.2) is 0 Å². The van der Waals surface area contributed by atoms with Gasteiger partial charge >= 0.3 is 7.82 Å². The zero-order valence-corrected chi connectivity index (χ0v) is 9.12. The van der Waals surface area contributed by atoms with Gasteiger partial charge in [-0.05, 0) is 13.8 Å². The third-order valence-corrected chi connectivity index (χ3v) is 2.52. The first-order valence-corrected chi connectivity index (χ1v) is 5.44. The molecule has 0 bridgehead atoms. The topological polar surface area (TPSA) is 44.8 Å². The van der Waals surface area contributed by atoms with E-state index in [1.807, 2.05) is 0 Å². The van der Waals surface area contributed by atoms with Gasteiger partial charge in [0.15, 0.2) is 0 Å². The molecule has 0 aliphatic carbocycles. The predicted molar refractivity (Wildman–Crippen MR) is 53.4 cm³/mol. The molecule has 0 heterocycles. The summed E-state index contributed by atoms with van der Waals surface area (Å²) in [7, 11) is -3.59. The first-order valence-electron chi connectivity index (χ1n) is 3.98. The van der Waals surface area contributed by atoms with E-state index in [9.17, 15) is 4.57 Å². The van der Waals surface area contributed by atoms with E-state index in [0.29, 0.717) is 0 Å². The van der Waals surface area contributed by atoms with E-state index in [2.05, 4.69) is 11.8 Å². The fourth-order valence-corrected chi connectivity index (χ4v) is 1.77. The van der Waals surface area contributed by atoms with Crippen molar-refractivity contribution in [2.45, 2.75) is 20.0 Å². The van der Waals surface area contributed by atoms with E-state index in [1.54, 1.807) is 13.8 Å². The fourth-order valence-electron chi connectivity index (χ4n) is 0.589. The molecular formula is C9H13O4P. The van der Waals surface area contributed by atoms with Crippen LogP contribution in [0.25, 0.3) is 0 Å². The molecule has 0 unspecified atom stereocenters. The monoisotopic (exact) mass is 216 g/mol. The maximum Gasteiger partial charge on any atom is 0.476 e. The van der Waals surface area contributed by atoms with Crippen LogP contribution in [0.5, 0.6) is 0 Å². The van der Waals surface area contributed by atoms with E-state index < -0.39 is 7.82 Å². The Bertz CT molecular complexity index is 262. The highest BCUT2D eigenvalue weighted by Crippen LogP contribution is 2.50. The maximum atomic E-state index is 11.7. The van der Waals surface area contributed by atoms with E-state index in [4.69, 9.17) is 26.4 Å². The summed E-state index contributed by atoms with van der Waals surface area (Å²) in [5.41, 5.74) is 0. The summed E-state index contributed by atoms with van der Waals surface area (Å²) in [6.45, 7) is 3.11. The molecule has 0 rings (SSSR count). The molecule has 4 nitrogen and oxygen atoms in total. The van der Waals surface area contributed by atoms with Gasteiger partial charge in [-0.2, -0.15) is 0 Å². The van der Waals surface area contributed by atoms with Crippen LogP contribution in [-0.2, 0) is 18.1 Å². The molecule has 5 heteroatoms. The lowest BCUT2D eigenvalue weighted by atomic mass is 10.5. The lowest BCUT2D eigenvalue weighted by Crippen LogP contribution is -2.06. The number of terminal acetylenes is 2. The third kappa shape index (κ3) is 5.80. The molecule has 0 saturated carbocycles. The molecule has 0 fully saturated rings. The van der Waals surface area contributed by atoms with Gasteiger partial charge in [0.25, 0.3) is 0 Å². The van der Waals surface area contributed by atoms with Crippen LogP contribution in [0.4, 0.5) is 0 Å². The molecule has 0 atom stereocenters. The fraction of sp³-hybridized carbons (Fsp3) is 0.556. The Morgan fingerprint density at radius 1 is 1.21 bits per heavy atom. The zero-order chi connectivity index (χ0) is 11.0. The van der Waals surface area contributed by atoms with Crippen LogP contribution in [0.2, 0.25) is 0 Å². The van der Waals surface area contributed by atoms with Crippen molar-refractivity contribution in [2.75, 3.05) is 13.2 Å². The normalized spacial score (nSPS) is 10.9. The molecule has 0 aliphatic heterocycles. The smallest absolute Gasteiger partial charge is 0.284 e. The molecule has 0 N–H and O–H groups in total. The van der Waals surface area contributed by atoms with E-state index >= 15 is 0 Å². The van der Waals surface area contributed by atoms with Gasteiger partial charge in [0.2, 0.25) is 0 Å². The molecule has 78 valence electrons. The summed E-state index contributed by atoms with van der Waals surface area (Å²) < 4.78 is 26.2. The SMILES string of the molecule is C#CCOP(=O)(OCC#C)OC(C)C. The Morgan fingerprint density at radius 2 is 1.64 bits per heavy atom. The highest BCUT2D eigenvalue weighted by Gasteiger charge is 2.27. The molecule has 14 heavy (non-hydrogen) atoms. The van der Waals surface area contributed by atoms with Crippen molar-refractivity contribution in [3.8, 4) is 24.7 Å². The summed E-state index contributed by atoms with van der Waals surface area (Å²) in [5, 5.41) is 0. The number of phosphoric acid groups is 1. The Labute approximate surface area is 84.5 Å². The molecule has 0 radical (unpaired) electrons. The summed E-state index contributed by atoms with van der Waals surface area (Å²) in [5.74, 6) is 4.33. The summed E-state index contributed by atoms with van der Waals surface area (Å²) in [6.07, 6.45) is 9.60. The zero-order valence-electron chi connectivity index (χ0n) is 8.23. The average Bonchev–Trinajstić information content (AvgIpc) is 2.11. The van der Waals surface area contributed by atoms with Crippen LogP contribution in [0.3, 0.4) is 0 Å². The molecule has 0 aromatic rings. The average molecular weight is 216 g/mol. The van der Waals surface area contributed by atoms with Gasteiger partial charge in [-0.15, -0.1) is 12.8 Å². The number of phosphoric ester groups is 1. The maximum absolute atomic E-state index is 11.7. The van der Waals surface area contributed by atoms with Crippen molar-refractivity contribution in [1.82, 2.24) is 0 Å². The second-order valence-corrected chi connectivity index (χ2v) is 4.18. The Hall–Kier alpha value is -0.770. The largest absolute Gasteiger partial charge is 0.476 e. The predicted octanol–water partition coefficient (Wildman–Crippen LogP) is 1.82. The first kappa shape index (κ1) is 13.2. The van der Waals surface area contributed by atoms with Gasteiger partial charge in [0.1, 0.15) is 13.2 Å². The number of hydrogen-bond donors (Lipinski definition) is 0. The lowest BCUT2D eigenvalue weighted by molar-refractivity contribution is 0.107. The Kier molecular flexibility index (Phi) is 6.28. The standard InChI is InChI=1S/C9H13O4P/c1-5-7-11-14(10,12-8-6-2)13-9(3)4/h1-2,9H,7-8H2,3-4H3. The van der Waals surface area contributed by atoms with Crippen molar-refractivity contribution in [2.24, 2.45) is 0 Å². The minimum absolute atomic E-state index is 0.144. The summed E-state index contributed by atoms with van der Waals surface area (Å²) >= 11 is 0. The van der Waals surface area contributed by atoms with Gasteiger partial charge in [-0.25, -0.2) is 4.57 Å². The Morgan fingerprint density at radius 3 is 1.93 bits per heavy atom. The lowest BCUT2D eigenvalue weighted by Gasteiger charge is -2.17. The van der Waals surface area contributed by atoms with Crippen LogP contribution in [0.1, 0.15) is 13.8 Å². The summed E-state index contributed by atoms with van der Waals surface area (Å²) in [4.78, 5) is 0. The summed E-state index contributed by atoms with van der Waals surface area (Å²) in [6, 6.07) is 0. The quantitative estimate of drug-likeness (QED) is 0.501. The van der Waals surface area contributed by atoms with Crippen molar-refractivity contribution < 1.29 is 18.1 Å². The first-order chi connectivity index (χ1) is 6.54. The molecular weight excluding hydrogens is 203 g/mol. The van der Waals surface area contributed by atoms with Gasteiger partial charge in [0.05, 0.1) is 6.10 Å². The minimum Gasteiger partial charge on any atom is -0.284 e. The van der Waals surface area contributed by atoms with Crippen LogP contribution < -0.4 is 0 Å². The van der Waals surface area contributed by atoms with Gasteiger partial charge in [-0.1, -0.05) is 11.8 Å². The highest BCUT2D eigenvalue weighted by atomic mass is 31.2. The van der Waals surface area contributed by atoms with Crippen molar-refractivity contribution in [3.05, 3.63) is 0 Å². The van der Waals surface area contributed by atoms with E-state index in [0.717, 1.165) is 0 Å². The second kappa shape index (κ2) is 6.65.